The smallest absolute Gasteiger partial charge is 0.214 e. The molecule has 0 spiro atoms. The molecule has 2 aromatic carbocycles. The fourth-order valence-electron chi connectivity index (χ4n) is 3.30. The van der Waals surface area contributed by atoms with E-state index >= 15 is 0 Å². The number of hydrogen-bond acceptors (Lipinski definition) is 2. The van der Waals surface area contributed by atoms with Gasteiger partial charge >= 0.3 is 0 Å². The van der Waals surface area contributed by atoms with Crippen LogP contribution >= 0.6 is 0 Å². The fraction of sp³-hybridized carbons (Fsp3) is 0.263. The third kappa shape index (κ3) is 2.72. The number of fused-ring (bicyclic) bond motifs is 1. The molecule has 0 amide bonds. The Balaban J connectivity index is 2.23. The van der Waals surface area contributed by atoms with Gasteiger partial charge in [0.15, 0.2) is 0 Å². The first-order chi connectivity index (χ1) is 11.0. The van der Waals surface area contributed by atoms with E-state index in [0.717, 1.165) is 33.3 Å². The number of hydrogen-bond donors (Lipinski definition) is 0. The lowest BCUT2D eigenvalue weighted by molar-refractivity contribution is -0.481. The van der Waals surface area contributed by atoms with Gasteiger partial charge in [0, 0.05) is 28.6 Å². The lowest BCUT2D eigenvalue weighted by Crippen LogP contribution is -2.15. The van der Waals surface area contributed by atoms with Crippen molar-refractivity contribution in [2.45, 2.75) is 19.8 Å². The van der Waals surface area contributed by atoms with Gasteiger partial charge in [0.2, 0.25) is 6.54 Å². The summed E-state index contributed by atoms with van der Waals surface area (Å²) in [5.74, 6) is -0.239. The number of rotatable bonds is 4. The van der Waals surface area contributed by atoms with Crippen LogP contribution in [0.1, 0.15) is 28.3 Å². The molecule has 0 radical (unpaired) electrons. The summed E-state index contributed by atoms with van der Waals surface area (Å²) >= 11 is 0. The normalized spacial score (nSPS) is 12.5. The van der Waals surface area contributed by atoms with Crippen LogP contribution < -0.4 is 0 Å². The van der Waals surface area contributed by atoms with Gasteiger partial charge in [0.05, 0.1) is 5.92 Å². The van der Waals surface area contributed by atoms with Gasteiger partial charge in [-0.2, -0.15) is 0 Å². The Morgan fingerprint density at radius 2 is 1.74 bits per heavy atom. The van der Waals surface area contributed by atoms with Gasteiger partial charge in [-0.15, -0.1) is 0 Å². The summed E-state index contributed by atoms with van der Waals surface area (Å²) in [5, 5.41) is 12.4. The fourth-order valence-corrected chi connectivity index (χ4v) is 3.30. The predicted octanol–water partition coefficient (Wildman–Crippen LogP) is 4.20. The highest BCUT2D eigenvalue weighted by atomic mass is 16.6. The molecule has 0 bridgehead atoms. The molecule has 1 aromatic heterocycles. The Hall–Kier alpha value is -2.62. The Labute approximate surface area is 135 Å². The summed E-state index contributed by atoms with van der Waals surface area (Å²) in [6.07, 6.45) is 0. The molecular formula is C19H20N2O2. The Bertz CT molecular complexity index is 863. The Kier molecular flexibility index (Phi) is 3.90. The molecule has 3 aromatic rings. The average molecular weight is 308 g/mol. The van der Waals surface area contributed by atoms with Crippen molar-refractivity contribution >= 4 is 10.9 Å². The summed E-state index contributed by atoms with van der Waals surface area (Å²) < 4.78 is 2.12. The lowest BCUT2D eigenvalue weighted by Gasteiger charge is -2.15. The van der Waals surface area contributed by atoms with E-state index < -0.39 is 0 Å². The third-order valence-electron chi connectivity index (χ3n) is 4.61. The number of nitrogens with zero attached hydrogens (tertiary/aromatic N) is 2. The zero-order valence-corrected chi connectivity index (χ0v) is 13.6. The van der Waals surface area contributed by atoms with E-state index in [0.29, 0.717) is 0 Å². The first kappa shape index (κ1) is 15.3. The van der Waals surface area contributed by atoms with E-state index in [1.807, 2.05) is 57.3 Å². The van der Waals surface area contributed by atoms with Crippen LogP contribution in [0.25, 0.3) is 10.9 Å². The van der Waals surface area contributed by atoms with Crippen LogP contribution in [0, 0.1) is 24.0 Å². The largest absolute Gasteiger partial charge is 0.348 e. The van der Waals surface area contributed by atoms with E-state index in [2.05, 4.69) is 16.7 Å². The first-order valence-corrected chi connectivity index (χ1v) is 7.71. The standard InChI is InChI=1S/C19H20N2O2/c1-13-8-10-15(11-9-13)17(12-21(22)23)19-14(2)20(3)18-7-5-4-6-16(18)19/h4-11,17H,12H2,1-3H3. The molecule has 0 saturated carbocycles. The predicted molar refractivity (Wildman–Crippen MR) is 92.5 cm³/mol. The molecule has 0 aliphatic heterocycles. The van der Waals surface area contributed by atoms with Crippen molar-refractivity contribution in [3.63, 3.8) is 0 Å². The molecule has 23 heavy (non-hydrogen) atoms. The molecule has 1 atom stereocenters. The maximum atomic E-state index is 11.3. The van der Waals surface area contributed by atoms with Crippen LogP contribution in [-0.2, 0) is 7.05 Å². The second-order valence-electron chi connectivity index (χ2n) is 6.05. The van der Waals surface area contributed by atoms with Crippen molar-refractivity contribution in [3.8, 4) is 0 Å². The monoisotopic (exact) mass is 308 g/mol. The first-order valence-electron chi connectivity index (χ1n) is 7.71. The van der Waals surface area contributed by atoms with Crippen LogP contribution in [-0.4, -0.2) is 16.0 Å². The third-order valence-corrected chi connectivity index (χ3v) is 4.61. The van der Waals surface area contributed by atoms with Crippen molar-refractivity contribution in [1.29, 1.82) is 0 Å². The second kappa shape index (κ2) is 5.88. The van der Waals surface area contributed by atoms with E-state index in [1.165, 1.54) is 0 Å². The van der Waals surface area contributed by atoms with Crippen molar-refractivity contribution in [3.05, 3.63) is 81.0 Å². The molecule has 4 heteroatoms. The number of aromatic nitrogens is 1. The summed E-state index contributed by atoms with van der Waals surface area (Å²) in [5.41, 5.74) is 5.40. The molecule has 0 aliphatic rings. The second-order valence-corrected chi connectivity index (χ2v) is 6.05. The zero-order chi connectivity index (χ0) is 16.6. The quantitative estimate of drug-likeness (QED) is 0.535. The highest BCUT2D eigenvalue weighted by Crippen LogP contribution is 2.35. The van der Waals surface area contributed by atoms with Crippen molar-refractivity contribution in [2.24, 2.45) is 7.05 Å². The Morgan fingerprint density at radius 1 is 1.09 bits per heavy atom. The molecule has 4 nitrogen and oxygen atoms in total. The number of benzene rings is 2. The van der Waals surface area contributed by atoms with Gasteiger partial charge in [-0.05, 0) is 31.0 Å². The van der Waals surface area contributed by atoms with Crippen LogP contribution in [0.3, 0.4) is 0 Å². The summed E-state index contributed by atoms with van der Waals surface area (Å²) in [7, 11) is 2.01. The molecule has 0 aliphatic carbocycles. The lowest BCUT2D eigenvalue weighted by atomic mass is 9.89. The van der Waals surface area contributed by atoms with Gasteiger partial charge in [-0.3, -0.25) is 10.1 Å². The highest BCUT2D eigenvalue weighted by molar-refractivity contribution is 5.86. The molecule has 1 unspecified atom stereocenters. The van der Waals surface area contributed by atoms with E-state index in [4.69, 9.17) is 0 Å². The van der Waals surface area contributed by atoms with E-state index in [1.54, 1.807) is 0 Å². The maximum Gasteiger partial charge on any atom is 0.214 e. The summed E-state index contributed by atoms with van der Waals surface area (Å²) in [4.78, 5) is 11.1. The van der Waals surface area contributed by atoms with Crippen LogP contribution in [0.2, 0.25) is 0 Å². The minimum absolute atomic E-state index is 0.0993. The topological polar surface area (TPSA) is 48.1 Å². The van der Waals surface area contributed by atoms with Crippen molar-refractivity contribution in [2.75, 3.05) is 6.54 Å². The summed E-state index contributed by atoms with van der Waals surface area (Å²) in [6.45, 7) is 3.96. The van der Waals surface area contributed by atoms with Gasteiger partial charge in [-0.1, -0.05) is 48.0 Å². The van der Waals surface area contributed by atoms with Gasteiger partial charge in [0.25, 0.3) is 0 Å². The molecule has 0 N–H and O–H groups in total. The molecular weight excluding hydrogens is 288 g/mol. The van der Waals surface area contributed by atoms with Gasteiger partial charge < -0.3 is 4.57 Å². The number of para-hydroxylation sites is 1. The molecule has 1 heterocycles. The van der Waals surface area contributed by atoms with Gasteiger partial charge in [0.1, 0.15) is 0 Å². The molecule has 118 valence electrons. The van der Waals surface area contributed by atoms with E-state index in [9.17, 15) is 10.1 Å². The highest BCUT2D eigenvalue weighted by Gasteiger charge is 2.26. The molecule has 3 rings (SSSR count). The van der Waals surface area contributed by atoms with Crippen molar-refractivity contribution in [1.82, 2.24) is 4.57 Å². The summed E-state index contributed by atoms with van der Waals surface area (Å²) in [6, 6.07) is 16.1. The maximum absolute atomic E-state index is 11.3. The SMILES string of the molecule is Cc1ccc(C(C[N+](=O)[O-])c2c(C)n(C)c3ccccc23)cc1. The molecule has 0 saturated heterocycles. The van der Waals surface area contributed by atoms with Gasteiger partial charge in [-0.25, -0.2) is 0 Å². The van der Waals surface area contributed by atoms with Crippen LogP contribution in [0.5, 0.6) is 0 Å². The van der Waals surface area contributed by atoms with Crippen molar-refractivity contribution < 1.29 is 4.92 Å². The van der Waals surface area contributed by atoms with E-state index in [-0.39, 0.29) is 17.4 Å². The van der Waals surface area contributed by atoms with Crippen LogP contribution in [0.15, 0.2) is 48.5 Å². The molecule has 0 fully saturated rings. The van der Waals surface area contributed by atoms with Crippen LogP contribution in [0.4, 0.5) is 0 Å². The number of aryl methyl sites for hydroxylation is 2. The zero-order valence-electron chi connectivity index (χ0n) is 13.6. The minimum atomic E-state index is -0.239. The minimum Gasteiger partial charge on any atom is -0.348 e. The average Bonchev–Trinajstić information content (AvgIpc) is 2.78. The Morgan fingerprint density at radius 3 is 2.39 bits per heavy atom. The number of nitro groups is 1.